The number of halogens is 1. The number of rotatable bonds is 5. The lowest BCUT2D eigenvalue weighted by atomic mass is 9.84. The lowest BCUT2D eigenvalue weighted by Gasteiger charge is -2.50. The van der Waals surface area contributed by atoms with Gasteiger partial charge < -0.3 is 9.22 Å². The Kier molecular flexibility index (Phi) is 4.52. The van der Waals surface area contributed by atoms with Crippen LogP contribution in [0.25, 0.3) is 0 Å². The fraction of sp³-hybridized carbons (Fsp3) is 1.00. The Labute approximate surface area is 113 Å². The molecule has 0 spiro atoms. The highest BCUT2D eigenvalue weighted by Gasteiger charge is 2.43. The second-order valence-corrected chi connectivity index (χ2v) is 8.05. The van der Waals surface area contributed by atoms with Crippen LogP contribution in [0.4, 0.5) is 0 Å². The molecule has 2 nitrogen and oxygen atoms in total. The van der Waals surface area contributed by atoms with E-state index in [1.165, 1.54) is 49.8 Å². The topological polar surface area (TPSA) is 9.23 Å². The Morgan fingerprint density at radius 2 is 2.06 bits per heavy atom. The number of fused-ring (bicyclic) bond motifs is 3. The Morgan fingerprint density at radius 3 is 2.62 bits per heavy atom. The normalized spacial score (nSPS) is 39.9. The number of quaternary nitrogens is 1. The van der Waals surface area contributed by atoms with E-state index in [0.717, 1.165) is 16.4 Å². The maximum Gasteiger partial charge on any atom is 0.110 e. The monoisotopic (exact) mass is 338 g/mol. The molecule has 2 bridgehead atoms. The zero-order valence-electron chi connectivity index (χ0n) is 10.6. The molecule has 0 aromatic rings. The molecule has 3 saturated heterocycles. The number of piperidine rings is 3. The average Bonchev–Trinajstić information content (AvgIpc) is 2.24. The van der Waals surface area contributed by atoms with E-state index >= 15 is 0 Å². The Hall–Kier alpha value is 0.650. The van der Waals surface area contributed by atoms with Crippen LogP contribution in [0.2, 0.25) is 0 Å². The van der Waals surface area contributed by atoms with Crippen LogP contribution in [-0.2, 0) is 4.74 Å². The first-order chi connectivity index (χ1) is 7.59. The SMILES string of the molecule is CC(I)CCCOC1C[N+]2(C)CCC1CC2. The third kappa shape index (κ3) is 3.33. The number of hydrogen-bond donors (Lipinski definition) is 0. The highest BCUT2D eigenvalue weighted by atomic mass is 127. The molecular formula is C13H25INO+. The van der Waals surface area contributed by atoms with Crippen molar-refractivity contribution in [2.75, 3.05) is 33.3 Å². The maximum atomic E-state index is 6.11. The number of hydrogen-bond acceptors (Lipinski definition) is 1. The molecule has 0 N–H and O–H groups in total. The molecule has 3 aliphatic rings. The summed E-state index contributed by atoms with van der Waals surface area (Å²) in [6, 6.07) is 0. The molecule has 0 aromatic carbocycles. The molecule has 3 fully saturated rings. The molecule has 3 heteroatoms. The Bertz CT molecular complexity index is 224. The van der Waals surface area contributed by atoms with Crippen LogP contribution in [0.3, 0.4) is 0 Å². The summed E-state index contributed by atoms with van der Waals surface area (Å²) in [5, 5.41) is 0. The van der Waals surface area contributed by atoms with Gasteiger partial charge in [0.25, 0.3) is 0 Å². The van der Waals surface area contributed by atoms with Crippen molar-refractivity contribution in [3.8, 4) is 0 Å². The molecule has 16 heavy (non-hydrogen) atoms. The van der Waals surface area contributed by atoms with Crippen LogP contribution in [-0.4, -0.2) is 47.8 Å². The van der Waals surface area contributed by atoms with E-state index < -0.39 is 0 Å². The molecule has 0 radical (unpaired) electrons. The lowest BCUT2D eigenvalue weighted by molar-refractivity contribution is -0.928. The lowest BCUT2D eigenvalue weighted by Crippen LogP contribution is -2.61. The van der Waals surface area contributed by atoms with Crippen LogP contribution < -0.4 is 0 Å². The fourth-order valence-electron chi connectivity index (χ4n) is 3.14. The summed E-state index contributed by atoms with van der Waals surface area (Å²) in [6.07, 6.45) is 5.88. The molecule has 2 atom stereocenters. The summed E-state index contributed by atoms with van der Waals surface area (Å²) in [4.78, 5) is 0. The summed E-state index contributed by atoms with van der Waals surface area (Å²) in [5.41, 5.74) is 0. The number of alkyl halides is 1. The van der Waals surface area contributed by atoms with Gasteiger partial charge in [-0.1, -0.05) is 29.5 Å². The molecule has 0 saturated carbocycles. The van der Waals surface area contributed by atoms with E-state index in [4.69, 9.17) is 4.74 Å². The third-order valence-electron chi connectivity index (χ3n) is 4.30. The van der Waals surface area contributed by atoms with Crippen molar-refractivity contribution >= 4 is 22.6 Å². The highest BCUT2D eigenvalue weighted by Crippen LogP contribution is 2.34. The van der Waals surface area contributed by atoms with Crippen LogP contribution in [0.15, 0.2) is 0 Å². The van der Waals surface area contributed by atoms with E-state index in [0.29, 0.717) is 6.10 Å². The van der Waals surface area contributed by atoms with Gasteiger partial charge in [-0.3, -0.25) is 0 Å². The number of likely N-dealkylation sites (N-methyl/N-ethyl adjacent to an activating group) is 1. The molecule has 3 rings (SSSR count). The van der Waals surface area contributed by atoms with Gasteiger partial charge in [0.15, 0.2) is 0 Å². The van der Waals surface area contributed by atoms with Crippen molar-refractivity contribution in [3.05, 3.63) is 0 Å². The first-order valence-corrected chi connectivity index (χ1v) is 7.93. The van der Waals surface area contributed by atoms with Gasteiger partial charge in [0, 0.05) is 29.3 Å². The summed E-state index contributed by atoms with van der Waals surface area (Å²) in [6.45, 7) is 7.30. The largest absolute Gasteiger partial charge is 0.372 e. The van der Waals surface area contributed by atoms with Gasteiger partial charge in [-0.25, -0.2) is 0 Å². The molecule has 3 aliphatic heterocycles. The smallest absolute Gasteiger partial charge is 0.110 e. The molecule has 0 aromatic heterocycles. The minimum absolute atomic E-state index is 0.567. The van der Waals surface area contributed by atoms with Gasteiger partial charge in [0.1, 0.15) is 12.6 Å². The van der Waals surface area contributed by atoms with Crippen molar-refractivity contribution in [2.45, 2.75) is 42.6 Å². The zero-order valence-corrected chi connectivity index (χ0v) is 12.8. The summed E-state index contributed by atoms with van der Waals surface area (Å²) >= 11 is 2.50. The van der Waals surface area contributed by atoms with Gasteiger partial charge in [0.05, 0.1) is 20.1 Å². The molecule has 0 amide bonds. The first kappa shape index (κ1) is 13.1. The van der Waals surface area contributed by atoms with Gasteiger partial charge >= 0.3 is 0 Å². The molecular weight excluding hydrogens is 313 g/mol. The second-order valence-electron chi connectivity index (χ2n) is 5.92. The van der Waals surface area contributed by atoms with Crippen LogP contribution in [0, 0.1) is 5.92 Å². The Balaban J connectivity index is 1.70. The van der Waals surface area contributed by atoms with Crippen molar-refractivity contribution in [1.29, 1.82) is 0 Å². The van der Waals surface area contributed by atoms with Crippen molar-refractivity contribution in [3.63, 3.8) is 0 Å². The zero-order chi connectivity index (χ0) is 11.6. The van der Waals surface area contributed by atoms with E-state index in [-0.39, 0.29) is 0 Å². The summed E-state index contributed by atoms with van der Waals surface area (Å²) in [5.74, 6) is 0.872. The van der Waals surface area contributed by atoms with Crippen LogP contribution in [0.5, 0.6) is 0 Å². The first-order valence-electron chi connectivity index (χ1n) is 6.68. The van der Waals surface area contributed by atoms with E-state index in [2.05, 4.69) is 36.6 Å². The van der Waals surface area contributed by atoms with E-state index in [9.17, 15) is 0 Å². The quantitative estimate of drug-likeness (QED) is 0.324. The predicted molar refractivity (Wildman–Crippen MR) is 76.0 cm³/mol. The maximum absolute atomic E-state index is 6.11. The second kappa shape index (κ2) is 5.53. The van der Waals surface area contributed by atoms with Gasteiger partial charge in [-0.2, -0.15) is 0 Å². The summed E-state index contributed by atoms with van der Waals surface area (Å²) < 4.78 is 8.17. The third-order valence-corrected chi connectivity index (χ3v) is 4.93. The number of nitrogens with zero attached hydrogens (tertiary/aromatic N) is 1. The predicted octanol–water partition coefficient (Wildman–Crippen LogP) is 2.85. The number of ether oxygens (including phenoxy) is 1. The molecule has 94 valence electrons. The fourth-order valence-corrected chi connectivity index (χ4v) is 3.58. The van der Waals surface area contributed by atoms with Gasteiger partial charge in [-0.15, -0.1) is 0 Å². The molecule has 2 unspecified atom stereocenters. The van der Waals surface area contributed by atoms with E-state index in [1.54, 1.807) is 0 Å². The minimum Gasteiger partial charge on any atom is -0.372 e. The molecule has 3 heterocycles. The van der Waals surface area contributed by atoms with Gasteiger partial charge in [-0.05, 0) is 12.8 Å². The highest BCUT2D eigenvalue weighted by molar-refractivity contribution is 14.1. The standard InChI is InChI=1S/C13H25INO/c1-11(14)4-3-9-16-13-10-15(2)7-5-12(13)6-8-15/h11-13H,3-10H2,1-2H3/q+1. The van der Waals surface area contributed by atoms with E-state index in [1.807, 2.05) is 0 Å². The molecule has 0 aliphatic carbocycles. The van der Waals surface area contributed by atoms with Crippen molar-refractivity contribution in [1.82, 2.24) is 0 Å². The van der Waals surface area contributed by atoms with Crippen LogP contribution in [0.1, 0.15) is 32.6 Å². The average molecular weight is 338 g/mol. The van der Waals surface area contributed by atoms with Gasteiger partial charge in [0.2, 0.25) is 0 Å². The Morgan fingerprint density at radius 1 is 1.38 bits per heavy atom. The summed E-state index contributed by atoms with van der Waals surface area (Å²) in [7, 11) is 2.40. The van der Waals surface area contributed by atoms with Crippen molar-refractivity contribution < 1.29 is 9.22 Å². The van der Waals surface area contributed by atoms with Crippen molar-refractivity contribution in [2.24, 2.45) is 5.92 Å². The van der Waals surface area contributed by atoms with Crippen LogP contribution >= 0.6 is 22.6 Å². The minimum atomic E-state index is 0.567.